The maximum Gasteiger partial charge on any atom is 0.248 e. The van der Waals surface area contributed by atoms with Gasteiger partial charge in [-0.15, -0.1) is 0 Å². The van der Waals surface area contributed by atoms with Crippen LogP contribution in [0.1, 0.15) is 21.9 Å². The zero-order chi connectivity index (χ0) is 22.3. The van der Waals surface area contributed by atoms with Crippen LogP contribution in [-0.2, 0) is 4.79 Å². The molecule has 0 aliphatic carbocycles. The van der Waals surface area contributed by atoms with Gasteiger partial charge < -0.3 is 14.2 Å². The fourth-order valence-electron chi connectivity index (χ4n) is 2.97. The van der Waals surface area contributed by atoms with Gasteiger partial charge in [-0.1, -0.05) is 35.9 Å². The second-order valence-electron chi connectivity index (χ2n) is 6.83. The normalized spacial score (nSPS) is 11.3. The molecule has 1 amide bonds. The number of allylic oxidation sites excluding steroid dienone is 1. The molecule has 0 aliphatic heterocycles. The minimum atomic E-state index is -0.328. The Morgan fingerprint density at radius 3 is 2.50 bits per heavy atom. The molecule has 6 heteroatoms. The van der Waals surface area contributed by atoms with Gasteiger partial charge in [0.15, 0.2) is 5.78 Å². The predicted octanol–water partition coefficient (Wildman–Crippen LogP) is 6.74. The number of hydrogen-bond donors (Lipinski definition) is 1. The number of carbonyl (C=O) groups is 2. The predicted molar refractivity (Wildman–Crippen MR) is 125 cm³/mol. The van der Waals surface area contributed by atoms with Crippen molar-refractivity contribution in [3.63, 3.8) is 0 Å². The van der Waals surface area contributed by atoms with E-state index in [4.69, 9.17) is 20.4 Å². The minimum Gasteiger partial charge on any atom is -0.465 e. The Morgan fingerprint density at radius 2 is 1.69 bits per heavy atom. The molecule has 0 saturated heterocycles. The summed E-state index contributed by atoms with van der Waals surface area (Å²) in [4.78, 5) is 24.7. The van der Waals surface area contributed by atoms with Gasteiger partial charge in [0.25, 0.3) is 0 Å². The van der Waals surface area contributed by atoms with Gasteiger partial charge in [-0.25, -0.2) is 0 Å². The number of carbonyl (C=O) groups excluding carboxylic acids is 2. The number of benzene rings is 2. The Kier molecular flexibility index (Phi) is 6.49. The molecule has 0 saturated carbocycles. The summed E-state index contributed by atoms with van der Waals surface area (Å²) in [6.07, 6.45) is 7.49. The van der Waals surface area contributed by atoms with Crippen LogP contribution >= 0.6 is 11.6 Å². The number of halogens is 1. The summed E-state index contributed by atoms with van der Waals surface area (Å²) < 4.78 is 10.9. The molecule has 5 nitrogen and oxygen atoms in total. The molecule has 4 aromatic rings. The van der Waals surface area contributed by atoms with Crippen molar-refractivity contribution in [1.82, 2.24) is 0 Å². The van der Waals surface area contributed by atoms with Gasteiger partial charge in [0.05, 0.1) is 6.26 Å². The molecular formula is C26H18ClNO4. The number of anilines is 1. The number of ketones is 1. The van der Waals surface area contributed by atoms with Crippen molar-refractivity contribution in [2.75, 3.05) is 5.32 Å². The molecule has 32 heavy (non-hydrogen) atoms. The average molecular weight is 444 g/mol. The summed E-state index contributed by atoms with van der Waals surface area (Å²) in [5.41, 5.74) is 1.81. The van der Waals surface area contributed by atoms with Crippen LogP contribution in [0.3, 0.4) is 0 Å². The van der Waals surface area contributed by atoms with Gasteiger partial charge >= 0.3 is 0 Å². The highest BCUT2D eigenvalue weighted by Gasteiger charge is 2.07. The zero-order valence-corrected chi connectivity index (χ0v) is 17.6. The van der Waals surface area contributed by atoms with Crippen molar-refractivity contribution in [3.05, 3.63) is 113 Å². The second kappa shape index (κ2) is 9.81. The quantitative estimate of drug-likeness (QED) is 0.253. The smallest absolute Gasteiger partial charge is 0.248 e. The molecule has 0 aliphatic rings. The van der Waals surface area contributed by atoms with Crippen LogP contribution in [0.2, 0.25) is 5.02 Å². The Balaban J connectivity index is 1.40. The van der Waals surface area contributed by atoms with Crippen molar-refractivity contribution in [2.24, 2.45) is 0 Å². The van der Waals surface area contributed by atoms with Crippen molar-refractivity contribution >= 4 is 41.1 Å². The van der Waals surface area contributed by atoms with Gasteiger partial charge in [0.2, 0.25) is 5.91 Å². The van der Waals surface area contributed by atoms with E-state index in [0.29, 0.717) is 33.6 Å². The van der Waals surface area contributed by atoms with E-state index in [9.17, 15) is 9.59 Å². The first-order valence-electron chi connectivity index (χ1n) is 9.78. The van der Waals surface area contributed by atoms with Crippen LogP contribution < -0.4 is 5.32 Å². The highest BCUT2D eigenvalue weighted by atomic mass is 35.5. The lowest BCUT2D eigenvalue weighted by molar-refractivity contribution is -0.111. The molecule has 0 spiro atoms. The van der Waals surface area contributed by atoms with E-state index in [1.54, 1.807) is 60.7 Å². The van der Waals surface area contributed by atoms with E-state index in [0.717, 1.165) is 5.56 Å². The summed E-state index contributed by atoms with van der Waals surface area (Å²) in [6, 6.07) is 21.1. The molecule has 0 unspecified atom stereocenters. The van der Waals surface area contributed by atoms with Crippen molar-refractivity contribution < 1.29 is 18.4 Å². The summed E-state index contributed by atoms with van der Waals surface area (Å²) >= 11 is 6.02. The molecular weight excluding hydrogens is 426 g/mol. The molecule has 2 aromatic heterocycles. The van der Waals surface area contributed by atoms with E-state index in [-0.39, 0.29) is 11.7 Å². The van der Waals surface area contributed by atoms with Gasteiger partial charge in [-0.3, -0.25) is 9.59 Å². The molecule has 0 bridgehead atoms. The van der Waals surface area contributed by atoms with Gasteiger partial charge in [0, 0.05) is 27.9 Å². The van der Waals surface area contributed by atoms with Crippen LogP contribution in [0.25, 0.3) is 23.5 Å². The molecule has 158 valence electrons. The third kappa shape index (κ3) is 5.53. The van der Waals surface area contributed by atoms with E-state index >= 15 is 0 Å². The van der Waals surface area contributed by atoms with Crippen LogP contribution in [-0.4, -0.2) is 11.7 Å². The van der Waals surface area contributed by atoms with E-state index in [1.165, 1.54) is 18.4 Å². The molecule has 2 heterocycles. The van der Waals surface area contributed by atoms with Gasteiger partial charge in [-0.2, -0.15) is 0 Å². The lowest BCUT2D eigenvalue weighted by Gasteiger charge is -2.03. The molecule has 0 radical (unpaired) electrons. The topological polar surface area (TPSA) is 72.5 Å². The van der Waals surface area contributed by atoms with Crippen molar-refractivity contribution in [2.45, 2.75) is 0 Å². The SMILES string of the molecule is O=C(/C=C/c1ccco1)Nc1cccc(C(=O)/C=C/c2ccc(-c3cccc(Cl)c3)o2)c1. The van der Waals surface area contributed by atoms with E-state index < -0.39 is 0 Å². The molecule has 0 fully saturated rings. The lowest BCUT2D eigenvalue weighted by Crippen LogP contribution is -2.08. The number of rotatable bonds is 7. The van der Waals surface area contributed by atoms with E-state index in [1.807, 2.05) is 24.3 Å². The van der Waals surface area contributed by atoms with Gasteiger partial charge in [-0.05, 0) is 66.8 Å². The van der Waals surface area contributed by atoms with Crippen molar-refractivity contribution in [3.8, 4) is 11.3 Å². The summed E-state index contributed by atoms with van der Waals surface area (Å²) in [5, 5.41) is 3.35. The van der Waals surface area contributed by atoms with Crippen LogP contribution in [0.4, 0.5) is 5.69 Å². The van der Waals surface area contributed by atoms with E-state index in [2.05, 4.69) is 5.32 Å². The maximum absolute atomic E-state index is 12.6. The van der Waals surface area contributed by atoms with Gasteiger partial charge in [0.1, 0.15) is 17.3 Å². The Hall–Kier alpha value is -4.09. The third-order valence-electron chi connectivity index (χ3n) is 4.49. The fourth-order valence-corrected chi connectivity index (χ4v) is 3.16. The first-order valence-corrected chi connectivity index (χ1v) is 10.2. The molecule has 4 rings (SSSR count). The summed E-state index contributed by atoms with van der Waals surface area (Å²) in [6.45, 7) is 0. The molecule has 2 aromatic carbocycles. The first-order chi connectivity index (χ1) is 15.6. The zero-order valence-electron chi connectivity index (χ0n) is 16.8. The fraction of sp³-hybridized carbons (Fsp3) is 0. The van der Waals surface area contributed by atoms with Crippen molar-refractivity contribution in [1.29, 1.82) is 0 Å². The number of nitrogens with one attached hydrogen (secondary N) is 1. The number of hydrogen-bond acceptors (Lipinski definition) is 4. The third-order valence-corrected chi connectivity index (χ3v) is 4.73. The Morgan fingerprint density at radius 1 is 0.844 bits per heavy atom. The first kappa shape index (κ1) is 21.2. The molecule has 0 atom stereocenters. The minimum absolute atomic E-state index is 0.215. The largest absolute Gasteiger partial charge is 0.465 e. The Bertz CT molecular complexity index is 1300. The average Bonchev–Trinajstić information content (AvgIpc) is 3.48. The highest BCUT2D eigenvalue weighted by Crippen LogP contribution is 2.25. The lowest BCUT2D eigenvalue weighted by atomic mass is 10.1. The second-order valence-corrected chi connectivity index (χ2v) is 7.27. The standard InChI is InChI=1S/C26H18ClNO4/c27-20-6-1-5-19(16-20)25-13-10-23(32-25)9-12-24(29)18-4-2-7-21(17-18)28-26(30)14-11-22-8-3-15-31-22/h1-17H,(H,28,30)/b12-9+,14-11+. The number of furan rings is 2. The summed E-state index contributed by atoms with van der Waals surface area (Å²) in [7, 11) is 0. The molecule has 1 N–H and O–H groups in total. The monoisotopic (exact) mass is 443 g/mol. The summed E-state index contributed by atoms with van der Waals surface area (Å²) in [5.74, 6) is 1.23. The number of amides is 1. The van der Waals surface area contributed by atoms with Crippen LogP contribution in [0.15, 0.2) is 100 Å². The van der Waals surface area contributed by atoms with Crippen LogP contribution in [0.5, 0.6) is 0 Å². The Labute approximate surface area is 189 Å². The maximum atomic E-state index is 12.6. The highest BCUT2D eigenvalue weighted by molar-refractivity contribution is 6.30. The van der Waals surface area contributed by atoms with Crippen LogP contribution in [0, 0.1) is 0 Å².